The second-order valence-corrected chi connectivity index (χ2v) is 4.35. The summed E-state index contributed by atoms with van der Waals surface area (Å²) < 4.78 is 32.5. The van der Waals surface area contributed by atoms with Crippen molar-refractivity contribution in [2.24, 2.45) is 5.73 Å². The van der Waals surface area contributed by atoms with E-state index < -0.39 is 18.1 Å². The van der Waals surface area contributed by atoms with Crippen LogP contribution in [0, 0.1) is 0 Å². The van der Waals surface area contributed by atoms with Gasteiger partial charge in [-0.05, 0) is 37.1 Å². The highest BCUT2D eigenvalue weighted by Crippen LogP contribution is 2.35. The molecule has 5 heteroatoms. The van der Waals surface area contributed by atoms with Crippen LogP contribution in [0.4, 0.5) is 8.78 Å². The smallest absolute Gasteiger partial charge is 0.285 e. The second-order valence-electron chi connectivity index (χ2n) is 4.35. The molecular formula is C12H15F2NO2. The number of alkyl halides is 2. The van der Waals surface area contributed by atoms with Gasteiger partial charge >= 0.3 is 0 Å². The Morgan fingerprint density at radius 3 is 2.53 bits per heavy atom. The lowest BCUT2D eigenvalue weighted by Crippen LogP contribution is -2.53. The Labute approximate surface area is 98.2 Å². The van der Waals surface area contributed by atoms with Gasteiger partial charge in [0, 0.05) is 12.5 Å². The molecule has 0 saturated heterocycles. The molecule has 1 aromatic rings. The van der Waals surface area contributed by atoms with Crippen molar-refractivity contribution in [2.75, 3.05) is 0 Å². The van der Waals surface area contributed by atoms with Crippen molar-refractivity contribution in [1.82, 2.24) is 0 Å². The van der Waals surface area contributed by atoms with Crippen LogP contribution in [0.2, 0.25) is 0 Å². The molecule has 1 unspecified atom stereocenters. The minimum atomic E-state index is -2.89. The fourth-order valence-corrected chi connectivity index (χ4v) is 2.03. The van der Waals surface area contributed by atoms with Gasteiger partial charge in [0.25, 0.3) is 5.92 Å². The van der Waals surface area contributed by atoms with Gasteiger partial charge in [-0.2, -0.15) is 0 Å². The molecule has 0 amide bonds. The molecule has 17 heavy (non-hydrogen) atoms. The quantitative estimate of drug-likeness (QED) is 0.837. The van der Waals surface area contributed by atoms with E-state index in [4.69, 9.17) is 15.6 Å². The Bertz CT molecular complexity index is 381. The van der Waals surface area contributed by atoms with E-state index >= 15 is 0 Å². The van der Waals surface area contributed by atoms with Crippen LogP contribution < -0.4 is 10.5 Å². The molecule has 3 nitrogen and oxygen atoms in total. The minimum Gasteiger partial charge on any atom is -0.508 e. The summed E-state index contributed by atoms with van der Waals surface area (Å²) in [7, 11) is 0. The average Bonchev–Trinajstić information content (AvgIpc) is 2.26. The van der Waals surface area contributed by atoms with Gasteiger partial charge in [-0.15, -0.1) is 0 Å². The monoisotopic (exact) mass is 243 g/mol. The molecule has 1 saturated carbocycles. The minimum absolute atomic E-state index is 0.0667. The Morgan fingerprint density at radius 2 is 1.94 bits per heavy atom. The zero-order valence-corrected chi connectivity index (χ0v) is 9.27. The van der Waals surface area contributed by atoms with Crippen LogP contribution in [0.1, 0.15) is 19.3 Å². The lowest BCUT2D eigenvalue weighted by atomic mass is 9.89. The van der Waals surface area contributed by atoms with Gasteiger partial charge in [-0.25, -0.2) is 8.78 Å². The van der Waals surface area contributed by atoms with Crippen LogP contribution in [0.3, 0.4) is 0 Å². The summed E-state index contributed by atoms with van der Waals surface area (Å²) in [6.07, 6.45) is -0.522. The van der Waals surface area contributed by atoms with Crippen molar-refractivity contribution in [2.45, 2.75) is 37.3 Å². The molecule has 94 valence electrons. The number of phenols is 1. The largest absolute Gasteiger partial charge is 0.508 e. The Balaban J connectivity index is 2.12. The fourth-order valence-electron chi connectivity index (χ4n) is 2.03. The van der Waals surface area contributed by atoms with Crippen LogP contribution in [-0.2, 0) is 0 Å². The Kier molecular flexibility index (Phi) is 3.19. The molecule has 1 fully saturated rings. The third-order valence-electron chi connectivity index (χ3n) is 2.95. The first kappa shape index (κ1) is 12.1. The summed E-state index contributed by atoms with van der Waals surface area (Å²) in [5.41, 5.74) is 5.68. The Hall–Kier alpha value is -1.36. The van der Waals surface area contributed by atoms with E-state index in [0.717, 1.165) is 0 Å². The molecule has 1 aromatic carbocycles. The van der Waals surface area contributed by atoms with Crippen LogP contribution in [0.15, 0.2) is 24.3 Å². The summed E-state index contributed by atoms with van der Waals surface area (Å²) in [5.74, 6) is -2.53. The van der Waals surface area contributed by atoms with E-state index in [9.17, 15) is 8.78 Å². The number of benzene rings is 1. The summed E-state index contributed by atoms with van der Waals surface area (Å²) in [5, 5.41) is 9.09. The predicted octanol–water partition coefficient (Wildman–Crippen LogP) is 2.29. The van der Waals surface area contributed by atoms with Gasteiger partial charge in [-0.1, -0.05) is 0 Å². The maximum Gasteiger partial charge on any atom is 0.285 e. The fraction of sp³-hybridized carbons (Fsp3) is 0.500. The van der Waals surface area contributed by atoms with Gasteiger partial charge in [0.2, 0.25) is 0 Å². The molecule has 0 radical (unpaired) electrons. The van der Waals surface area contributed by atoms with Crippen LogP contribution in [0.5, 0.6) is 11.5 Å². The van der Waals surface area contributed by atoms with Gasteiger partial charge in [-0.3, -0.25) is 0 Å². The number of hydrogen-bond acceptors (Lipinski definition) is 3. The van der Waals surface area contributed by atoms with E-state index in [-0.39, 0.29) is 12.2 Å². The van der Waals surface area contributed by atoms with Crippen molar-refractivity contribution < 1.29 is 18.6 Å². The molecule has 0 bridgehead atoms. The first-order valence-corrected chi connectivity index (χ1v) is 5.58. The van der Waals surface area contributed by atoms with Crippen LogP contribution in [-0.4, -0.2) is 23.2 Å². The third-order valence-corrected chi connectivity index (χ3v) is 2.95. The van der Waals surface area contributed by atoms with Crippen LogP contribution >= 0.6 is 0 Å². The maximum atomic E-state index is 13.6. The SMILES string of the molecule is NC1CCCC(F)(F)[C@H]1Oc1ccc(O)cc1. The summed E-state index contributed by atoms with van der Waals surface area (Å²) >= 11 is 0. The zero-order chi connectivity index (χ0) is 12.5. The number of halogens is 2. The van der Waals surface area contributed by atoms with Crippen molar-refractivity contribution in [3.8, 4) is 11.5 Å². The molecule has 0 heterocycles. The summed E-state index contributed by atoms with van der Waals surface area (Å²) in [4.78, 5) is 0. The normalized spacial score (nSPS) is 27.7. The van der Waals surface area contributed by atoms with E-state index in [2.05, 4.69) is 0 Å². The van der Waals surface area contributed by atoms with Crippen molar-refractivity contribution in [3.05, 3.63) is 24.3 Å². The summed E-state index contributed by atoms with van der Waals surface area (Å²) in [6.45, 7) is 0. The number of nitrogens with two attached hydrogens (primary N) is 1. The first-order chi connectivity index (χ1) is 7.99. The number of ether oxygens (including phenoxy) is 1. The van der Waals surface area contributed by atoms with Crippen LogP contribution in [0.25, 0.3) is 0 Å². The van der Waals surface area contributed by atoms with Crippen molar-refractivity contribution in [1.29, 1.82) is 0 Å². The molecule has 2 atom stereocenters. The number of phenolic OH excluding ortho intramolecular Hbond substituents is 1. The third kappa shape index (κ3) is 2.66. The highest BCUT2D eigenvalue weighted by molar-refractivity contribution is 5.30. The molecule has 1 aliphatic carbocycles. The Morgan fingerprint density at radius 1 is 1.29 bits per heavy atom. The molecular weight excluding hydrogens is 228 g/mol. The lowest BCUT2D eigenvalue weighted by Gasteiger charge is -2.35. The molecule has 2 rings (SSSR count). The standard InChI is InChI=1S/C12H15F2NO2/c13-12(14)7-1-2-10(15)11(12)17-9-5-3-8(16)4-6-9/h3-6,10-11,16H,1-2,7,15H2/t10?,11-/m0/s1. The zero-order valence-electron chi connectivity index (χ0n) is 9.27. The first-order valence-electron chi connectivity index (χ1n) is 5.58. The van der Waals surface area contributed by atoms with Gasteiger partial charge in [0.05, 0.1) is 0 Å². The highest BCUT2D eigenvalue weighted by Gasteiger charge is 2.47. The predicted molar refractivity (Wildman–Crippen MR) is 59.3 cm³/mol. The van der Waals surface area contributed by atoms with Gasteiger partial charge < -0.3 is 15.6 Å². The van der Waals surface area contributed by atoms with Crippen molar-refractivity contribution >= 4 is 0 Å². The van der Waals surface area contributed by atoms with E-state index in [1.54, 1.807) is 0 Å². The number of hydrogen-bond donors (Lipinski definition) is 2. The second kappa shape index (κ2) is 4.49. The molecule has 0 spiro atoms. The highest BCUT2D eigenvalue weighted by atomic mass is 19.3. The molecule has 3 N–H and O–H groups in total. The lowest BCUT2D eigenvalue weighted by molar-refractivity contribution is -0.126. The molecule has 0 aromatic heterocycles. The van der Waals surface area contributed by atoms with Gasteiger partial charge in [0.15, 0.2) is 6.10 Å². The van der Waals surface area contributed by atoms with Crippen molar-refractivity contribution in [3.63, 3.8) is 0 Å². The molecule has 1 aliphatic rings. The summed E-state index contributed by atoms with van der Waals surface area (Å²) in [6, 6.07) is 5.02. The van der Waals surface area contributed by atoms with E-state index in [0.29, 0.717) is 18.6 Å². The maximum absolute atomic E-state index is 13.6. The number of rotatable bonds is 2. The number of aromatic hydroxyl groups is 1. The average molecular weight is 243 g/mol. The molecule has 0 aliphatic heterocycles. The van der Waals surface area contributed by atoms with E-state index in [1.807, 2.05) is 0 Å². The topological polar surface area (TPSA) is 55.5 Å². The van der Waals surface area contributed by atoms with Gasteiger partial charge in [0.1, 0.15) is 11.5 Å². The van der Waals surface area contributed by atoms with E-state index in [1.165, 1.54) is 24.3 Å².